The van der Waals surface area contributed by atoms with Crippen molar-refractivity contribution in [3.63, 3.8) is 0 Å². The number of fused-ring (bicyclic) bond motifs is 3. The number of carboxylic acids is 1. The molecule has 6 heteroatoms. The van der Waals surface area contributed by atoms with E-state index in [1.54, 1.807) is 66.7 Å². The average molecular weight is 456 g/mol. The molecule has 1 aliphatic carbocycles. The number of carbonyl (C=O) groups is 1. The second-order valence-electron chi connectivity index (χ2n) is 7.95. The lowest BCUT2D eigenvalue weighted by atomic mass is 9.87. The third-order valence-electron chi connectivity index (χ3n) is 6.13. The number of hydrogen-bond acceptors (Lipinski definition) is 5. The van der Waals surface area contributed by atoms with E-state index in [1.807, 2.05) is 12.1 Å². The van der Waals surface area contributed by atoms with Crippen LogP contribution in [0, 0.1) is 22.7 Å². The van der Waals surface area contributed by atoms with Crippen LogP contribution in [0.1, 0.15) is 21.5 Å². The molecule has 0 spiro atoms. The smallest absolute Gasteiger partial charge is 0.336 e. The first-order valence-electron chi connectivity index (χ1n) is 10.6. The minimum absolute atomic E-state index is 0.00871. The van der Waals surface area contributed by atoms with Gasteiger partial charge in [0.15, 0.2) is 0 Å². The van der Waals surface area contributed by atoms with E-state index in [2.05, 4.69) is 0 Å². The van der Waals surface area contributed by atoms with E-state index in [9.17, 15) is 30.6 Å². The monoisotopic (exact) mass is 456 g/mol. The van der Waals surface area contributed by atoms with Crippen LogP contribution in [-0.2, 0) is 0 Å². The molecule has 6 nitrogen and oxygen atoms in total. The van der Waals surface area contributed by atoms with Gasteiger partial charge in [-0.05, 0) is 34.4 Å². The summed E-state index contributed by atoms with van der Waals surface area (Å²) < 4.78 is 0. The Morgan fingerprint density at radius 3 is 1.66 bits per heavy atom. The molecule has 0 heterocycles. The summed E-state index contributed by atoms with van der Waals surface area (Å²) in [5, 5.41) is 50.8. The van der Waals surface area contributed by atoms with Gasteiger partial charge in [-0.25, -0.2) is 4.79 Å². The van der Waals surface area contributed by atoms with E-state index in [0.717, 1.165) is 0 Å². The molecule has 35 heavy (non-hydrogen) atoms. The van der Waals surface area contributed by atoms with Gasteiger partial charge in [0.05, 0.1) is 5.56 Å². The van der Waals surface area contributed by atoms with Gasteiger partial charge < -0.3 is 15.3 Å². The number of nitriles is 2. The second kappa shape index (κ2) is 8.22. The zero-order chi connectivity index (χ0) is 24.7. The van der Waals surface area contributed by atoms with E-state index in [0.29, 0.717) is 50.1 Å². The van der Waals surface area contributed by atoms with Gasteiger partial charge >= 0.3 is 5.97 Å². The molecule has 0 bridgehead atoms. The van der Waals surface area contributed by atoms with Crippen molar-refractivity contribution < 1.29 is 20.1 Å². The van der Waals surface area contributed by atoms with Crippen LogP contribution < -0.4 is 0 Å². The number of phenols is 2. The lowest BCUT2D eigenvalue weighted by molar-refractivity contribution is 0.0698. The highest BCUT2D eigenvalue weighted by Gasteiger charge is 2.35. The normalized spacial score (nSPS) is 11.2. The summed E-state index contributed by atoms with van der Waals surface area (Å²) in [6.07, 6.45) is 0. The van der Waals surface area contributed by atoms with Crippen LogP contribution in [0.3, 0.4) is 0 Å². The molecular formula is C29H16N2O4. The highest BCUT2D eigenvalue weighted by atomic mass is 16.4. The number of nitrogens with zero attached hydrogens (tertiary/aromatic N) is 2. The van der Waals surface area contributed by atoms with Crippen molar-refractivity contribution in [2.24, 2.45) is 0 Å². The summed E-state index contributed by atoms with van der Waals surface area (Å²) in [6.45, 7) is 0. The Hall–Kier alpha value is -5.33. The molecular weight excluding hydrogens is 440 g/mol. The quantitative estimate of drug-likeness (QED) is 0.288. The molecule has 0 unspecified atom stereocenters. The van der Waals surface area contributed by atoms with E-state index >= 15 is 0 Å². The maximum Gasteiger partial charge on any atom is 0.336 e. The number of aromatic hydroxyl groups is 2. The minimum atomic E-state index is -1.23. The summed E-state index contributed by atoms with van der Waals surface area (Å²) in [5.74, 6) is -1.29. The maximum absolute atomic E-state index is 12.7. The Balaban J connectivity index is 1.99. The van der Waals surface area contributed by atoms with Crippen molar-refractivity contribution >= 4 is 11.5 Å². The van der Waals surface area contributed by atoms with Gasteiger partial charge in [0.1, 0.15) is 29.2 Å². The van der Waals surface area contributed by atoms with Crippen molar-refractivity contribution in [2.75, 3.05) is 0 Å². The molecule has 3 N–H and O–H groups in total. The Morgan fingerprint density at radius 1 is 0.600 bits per heavy atom. The fraction of sp³-hybridized carbons (Fsp3) is 0. The highest BCUT2D eigenvalue weighted by Crippen LogP contribution is 2.53. The lowest BCUT2D eigenvalue weighted by Gasteiger charge is -2.16. The predicted molar refractivity (Wildman–Crippen MR) is 130 cm³/mol. The molecule has 0 amide bonds. The molecule has 0 atom stereocenters. The summed E-state index contributed by atoms with van der Waals surface area (Å²) in [6, 6.07) is 25.5. The molecule has 4 aromatic carbocycles. The molecule has 5 rings (SSSR count). The summed E-state index contributed by atoms with van der Waals surface area (Å²) in [4.78, 5) is 12.7. The first-order chi connectivity index (χ1) is 17.0. The number of para-hydroxylation sites is 2. The van der Waals surface area contributed by atoms with Gasteiger partial charge in [-0.1, -0.05) is 66.7 Å². The summed E-state index contributed by atoms with van der Waals surface area (Å²) in [5.41, 5.74) is 3.57. The van der Waals surface area contributed by atoms with Crippen LogP contribution in [0.4, 0.5) is 0 Å². The second-order valence-corrected chi connectivity index (χ2v) is 7.95. The third-order valence-corrected chi connectivity index (χ3v) is 6.13. The summed E-state index contributed by atoms with van der Waals surface area (Å²) >= 11 is 0. The Bertz CT molecular complexity index is 1650. The van der Waals surface area contributed by atoms with Gasteiger partial charge in [0.2, 0.25) is 0 Å². The molecule has 0 aliphatic heterocycles. The largest absolute Gasteiger partial charge is 0.507 e. The van der Waals surface area contributed by atoms with Crippen molar-refractivity contribution in [3.8, 4) is 57.0 Å². The lowest BCUT2D eigenvalue weighted by Crippen LogP contribution is -2.04. The first-order valence-corrected chi connectivity index (χ1v) is 10.6. The Morgan fingerprint density at radius 2 is 1.09 bits per heavy atom. The van der Waals surface area contributed by atoms with E-state index in [4.69, 9.17) is 0 Å². The average Bonchev–Trinajstić information content (AvgIpc) is 3.19. The van der Waals surface area contributed by atoms with Crippen molar-refractivity contribution in [3.05, 3.63) is 101 Å². The zero-order valence-corrected chi connectivity index (χ0v) is 18.1. The van der Waals surface area contributed by atoms with E-state index < -0.39 is 5.97 Å². The number of phenolic OH excluding ortho intramolecular Hbond substituents is 2. The molecule has 0 fully saturated rings. The van der Waals surface area contributed by atoms with Crippen LogP contribution >= 0.6 is 0 Å². The van der Waals surface area contributed by atoms with Gasteiger partial charge in [0.25, 0.3) is 0 Å². The van der Waals surface area contributed by atoms with Gasteiger partial charge in [-0.2, -0.15) is 10.5 Å². The number of allylic oxidation sites excluding steroid dienone is 1. The molecule has 166 valence electrons. The maximum atomic E-state index is 12.7. The highest BCUT2D eigenvalue weighted by molar-refractivity contribution is 6.16. The molecule has 4 aromatic rings. The first kappa shape index (κ1) is 21.5. The van der Waals surface area contributed by atoms with Crippen LogP contribution in [0.2, 0.25) is 0 Å². The topological polar surface area (TPSA) is 125 Å². The third kappa shape index (κ3) is 3.21. The number of carboxylic acid groups (broad SMARTS) is 1. The molecule has 1 aliphatic rings. The fourth-order valence-electron chi connectivity index (χ4n) is 4.73. The van der Waals surface area contributed by atoms with Crippen LogP contribution in [0.15, 0.2) is 84.4 Å². The van der Waals surface area contributed by atoms with Gasteiger partial charge in [-0.15, -0.1) is 0 Å². The summed E-state index contributed by atoms with van der Waals surface area (Å²) in [7, 11) is 0. The van der Waals surface area contributed by atoms with Gasteiger partial charge in [0, 0.05) is 27.8 Å². The minimum Gasteiger partial charge on any atom is -0.507 e. The number of benzene rings is 4. The molecule has 0 saturated heterocycles. The van der Waals surface area contributed by atoms with Crippen LogP contribution in [-0.4, -0.2) is 21.3 Å². The standard InChI is InChI=1S/C29H16N2O4/c30-14-16(15-31)25-21-9-5-8-19(17-6-1-3-10-23(17)32)26(21)27-22(25)13-12-20(28(27)29(34)35)18-7-2-4-11-24(18)33/h1-13,32-33H,(H,34,35). The molecule has 0 radical (unpaired) electrons. The van der Waals surface area contributed by atoms with Crippen LogP contribution in [0.5, 0.6) is 11.5 Å². The molecule has 0 aromatic heterocycles. The van der Waals surface area contributed by atoms with E-state index in [-0.39, 0.29) is 22.6 Å². The number of aromatic carboxylic acids is 1. The molecule has 0 saturated carbocycles. The Labute approximate surface area is 200 Å². The van der Waals surface area contributed by atoms with Crippen LogP contribution in [0.25, 0.3) is 39.0 Å². The van der Waals surface area contributed by atoms with Crippen molar-refractivity contribution in [1.82, 2.24) is 0 Å². The van der Waals surface area contributed by atoms with Gasteiger partial charge in [-0.3, -0.25) is 0 Å². The SMILES string of the molecule is N#CC(C#N)=C1c2cccc(-c3ccccc3O)c2-c2c1ccc(-c1ccccc1O)c2C(=O)O. The predicted octanol–water partition coefficient (Wildman–Crippen LogP) is 5.96. The van der Waals surface area contributed by atoms with Crippen molar-refractivity contribution in [1.29, 1.82) is 10.5 Å². The van der Waals surface area contributed by atoms with E-state index in [1.165, 1.54) is 12.1 Å². The van der Waals surface area contributed by atoms with Crippen molar-refractivity contribution in [2.45, 2.75) is 0 Å². The number of rotatable bonds is 3. The Kier molecular flexibility index (Phi) is 5.05. The fourth-order valence-corrected chi connectivity index (χ4v) is 4.73. The zero-order valence-electron chi connectivity index (χ0n) is 18.1. The number of hydrogen-bond donors (Lipinski definition) is 3.